The Bertz CT molecular complexity index is 38.4. The summed E-state index contributed by atoms with van der Waals surface area (Å²) in [4.78, 5) is 0. The van der Waals surface area contributed by atoms with Crippen LogP contribution in [0.2, 0.25) is 0 Å². The summed E-state index contributed by atoms with van der Waals surface area (Å²) in [6.07, 6.45) is 0. The third-order valence-corrected chi connectivity index (χ3v) is 1.73. The van der Waals surface area contributed by atoms with Crippen LogP contribution in [0.3, 0.4) is 0 Å². The average molecular weight is 169 g/mol. The van der Waals surface area contributed by atoms with Crippen molar-refractivity contribution in [1.29, 1.82) is 0 Å². The molecule has 0 radical (unpaired) electrons. The van der Waals surface area contributed by atoms with Crippen molar-refractivity contribution in [1.82, 2.24) is 0 Å². The molecule has 0 heterocycles. The fourth-order valence-electron chi connectivity index (χ4n) is 0.289. The van der Waals surface area contributed by atoms with Crippen LogP contribution in [0.25, 0.3) is 0 Å². The Morgan fingerprint density at radius 2 is 1.10 bits per heavy atom. The second-order valence-corrected chi connectivity index (χ2v) is 2.99. The first kappa shape index (κ1) is 16.6. The van der Waals surface area contributed by atoms with Crippen molar-refractivity contribution in [3.05, 3.63) is 0 Å². The van der Waals surface area contributed by atoms with Crippen LogP contribution in [0.15, 0.2) is 0 Å². The summed E-state index contributed by atoms with van der Waals surface area (Å²) in [5.41, 5.74) is 4.50. The number of hydrogen-bond acceptors (Lipinski definition) is 4. The van der Waals surface area contributed by atoms with Gasteiger partial charge in [-0.25, -0.2) is 0 Å². The van der Waals surface area contributed by atoms with Gasteiger partial charge >= 0.3 is 9.53 Å². The highest BCUT2D eigenvalue weighted by Crippen LogP contribution is 1.81. The summed E-state index contributed by atoms with van der Waals surface area (Å²) in [5, 5.41) is 0. The topological polar surface area (TPSA) is 53.7 Å². The Morgan fingerprint density at radius 1 is 0.900 bits per heavy atom. The lowest BCUT2D eigenvalue weighted by molar-refractivity contribution is 0.163. The SMILES string of the molecule is C.CN.CO[SiH](OC)OC. The summed E-state index contributed by atoms with van der Waals surface area (Å²) in [7, 11) is 4.55. The molecule has 0 saturated heterocycles. The number of rotatable bonds is 3. The molecule has 2 N–H and O–H groups in total. The lowest BCUT2D eigenvalue weighted by atomic mass is 11.6. The lowest BCUT2D eigenvalue weighted by Gasteiger charge is -2.05. The van der Waals surface area contributed by atoms with Crippen LogP contribution < -0.4 is 5.73 Å². The van der Waals surface area contributed by atoms with E-state index in [0.717, 1.165) is 0 Å². The highest BCUT2D eigenvalue weighted by atomic mass is 28.3. The van der Waals surface area contributed by atoms with Gasteiger partial charge in [-0.3, -0.25) is 0 Å². The molecule has 0 atom stereocenters. The zero-order chi connectivity index (χ0) is 7.70. The van der Waals surface area contributed by atoms with Crippen molar-refractivity contribution in [2.45, 2.75) is 7.43 Å². The van der Waals surface area contributed by atoms with Crippen LogP contribution in [0.4, 0.5) is 0 Å². The number of nitrogens with two attached hydrogens (primary N) is 1. The van der Waals surface area contributed by atoms with Crippen LogP contribution in [0.1, 0.15) is 7.43 Å². The Hall–Kier alpha value is 0.0569. The lowest BCUT2D eigenvalue weighted by Crippen LogP contribution is -2.21. The molecule has 0 aromatic rings. The van der Waals surface area contributed by atoms with E-state index in [2.05, 4.69) is 5.73 Å². The molecule has 0 aliphatic rings. The summed E-state index contributed by atoms with van der Waals surface area (Å²) in [6.45, 7) is 0. The molecule has 0 unspecified atom stereocenters. The highest BCUT2D eigenvalue weighted by molar-refractivity contribution is 6.36. The molecular formula is C5H19NO3Si. The second kappa shape index (κ2) is 16.0. The van der Waals surface area contributed by atoms with Crippen LogP contribution in [-0.4, -0.2) is 37.9 Å². The van der Waals surface area contributed by atoms with E-state index >= 15 is 0 Å². The first-order valence-corrected chi connectivity index (χ1v) is 3.92. The molecule has 0 aliphatic carbocycles. The van der Waals surface area contributed by atoms with E-state index in [0.29, 0.717) is 0 Å². The van der Waals surface area contributed by atoms with Gasteiger partial charge in [0.05, 0.1) is 0 Å². The molecule has 0 saturated carbocycles. The molecule has 0 bridgehead atoms. The van der Waals surface area contributed by atoms with Crippen LogP contribution >= 0.6 is 0 Å². The van der Waals surface area contributed by atoms with Crippen molar-refractivity contribution >= 4 is 9.53 Å². The minimum absolute atomic E-state index is 0. The van der Waals surface area contributed by atoms with Gasteiger partial charge in [0, 0.05) is 21.3 Å². The van der Waals surface area contributed by atoms with Crippen molar-refractivity contribution in [3.8, 4) is 0 Å². The minimum Gasteiger partial charge on any atom is -0.379 e. The predicted octanol–water partition coefficient (Wildman–Crippen LogP) is -0.146. The zero-order valence-corrected chi connectivity index (χ0v) is 7.53. The smallest absolute Gasteiger partial charge is 0.379 e. The molecule has 5 heteroatoms. The molecule has 0 rings (SSSR count). The van der Waals surface area contributed by atoms with Gasteiger partial charge in [-0.2, -0.15) is 0 Å². The molecule has 66 valence electrons. The Labute approximate surface area is 65.2 Å². The van der Waals surface area contributed by atoms with Crippen molar-refractivity contribution in [2.24, 2.45) is 5.73 Å². The quantitative estimate of drug-likeness (QED) is 0.597. The Balaban J connectivity index is -0.000000149. The van der Waals surface area contributed by atoms with Gasteiger partial charge in [-0.15, -0.1) is 0 Å². The van der Waals surface area contributed by atoms with E-state index in [1.54, 1.807) is 21.3 Å². The summed E-state index contributed by atoms with van der Waals surface area (Å²) in [5.74, 6) is 0. The molecule has 0 fully saturated rings. The molecule has 0 aromatic heterocycles. The van der Waals surface area contributed by atoms with E-state index in [9.17, 15) is 0 Å². The maximum atomic E-state index is 4.74. The van der Waals surface area contributed by atoms with E-state index in [1.165, 1.54) is 7.05 Å². The number of hydrogen-bond donors (Lipinski definition) is 1. The summed E-state index contributed by atoms with van der Waals surface area (Å²) in [6, 6.07) is 0. The van der Waals surface area contributed by atoms with Gasteiger partial charge < -0.3 is 19.0 Å². The zero-order valence-electron chi connectivity index (χ0n) is 6.38. The fraction of sp³-hybridized carbons (Fsp3) is 1.00. The third kappa shape index (κ3) is 10.9. The highest BCUT2D eigenvalue weighted by Gasteiger charge is 2.04. The van der Waals surface area contributed by atoms with Gasteiger partial charge in [-0.1, -0.05) is 7.43 Å². The predicted molar refractivity (Wildman–Crippen MR) is 45.0 cm³/mol. The maximum absolute atomic E-state index is 4.74. The first-order chi connectivity index (χ1) is 4.35. The molecule has 10 heavy (non-hydrogen) atoms. The third-order valence-electron chi connectivity index (χ3n) is 0.577. The van der Waals surface area contributed by atoms with Crippen LogP contribution in [-0.2, 0) is 13.3 Å². The van der Waals surface area contributed by atoms with Crippen molar-refractivity contribution < 1.29 is 13.3 Å². The molecular weight excluding hydrogens is 150 g/mol. The summed E-state index contributed by atoms with van der Waals surface area (Å²) >= 11 is 0. The molecule has 0 aliphatic heterocycles. The molecule has 0 spiro atoms. The molecule has 0 aromatic carbocycles. The normalized spacial score (nSPS) is 7.80. The average Bonchev–Trinajstić information content (AvgIpc) is 1.96. The largest absolute Gasteiger partial charge is 0.483 e. The van der Waals surface area contributed by atoms with Gasteiger partial charge in [0.2, 0.25) is 0 Å². The van der Waals surface area contributed by atoms with Crippen LogP contribution in [0, 0.1) is 0 Å². The van der Waals surface area contributed by atoms with Crippen molar-refractivity contribution in [3.63, 3.8) is 0 Å². The summed E-state index contributed by atoms with van der Waals surface area (Å²) < 4.78 is 14.2. The molecule has 0 amide bonds. The minimum atomic E-state index is -1.67. The van der Waals surface area contributed by atoms with Gasteiger partial charge in [0.25, 0.3) is 0 Å². The van der Waals surface area contributed by atoms with Crippen molar-refractivity contribution in [2.75, 3.05) is 28.4 Å². The first-order valence-electron chi connectivity index (χ1n) is 2.51. The Kier molecular flexibility index (Phi) is 26.5. The van der Waals surface area contributed by atoms with E-state index in [-0.39, 0.29) is 7.43 Å². The fourth-order valence-corrected chi connectivity index (χ4v) is 0.866. The van der Waals surface area contributed by atoms with Crippen LogP contribution in [0.5, 0.6) is 0 Å². The maximum Gasteiger partial charge on any atom is 0.483 e. The second-order valence-electron chi connectivity index (χ2n) is 0.996. The Morgan fingerprint density at radius 3 is 1.10 bits per heavy atom. The van der Waals surface area contributed by atoms with E-state index < -0.39 is 9.53 Å². The standard InChI is InChI=1S/C3H10O3Si.CH5N.CH4/c1-4-7(5-2)6-3;1-2;/h7H,1-3H3;2H2,1H3;1H4. The van der Waals surface area contributed by atoms with Gasteiger partial charge in [0.1, 0.15) is 0 Å². The monoisotopic (exact) mass is 169 g/mol. The van der Waals surface area contributed by atoms with Gasteiger partial charge in [-0.05, 0) is 7.05 Å². The molecule has 4 nitrogen and oxygen atoms in total. The van der Waals surface area contributed by atoms with Gasteiger partial charge in [0.15, 0.2) is 0 Å². The van der Waals surface area contributed by atoms with E-state index in [4.69, 9.17) is 13.3 Å². The van der Waals surface area contributed by atoms with E-state index in [1.807, 2.05) is 0 Å².